The topological polar surface area (TPSA) is 29.1 Å². The minimum Gasteiger partial charge on any atom is -0.310 e. The summed E-state index contributed by atoms with van der Waals surface area (Å²) in [6.07, 6.45) is 4.01. The molecule has 2 aliphatic heterocycles. The number of rotatable bonds is 0. The molecule has 0 aromatic carbocycles. The van der Waals surface area contributed by atoms with Crippen LogP contribution in [0, 0.1) is 0 Å². The maximum Gasteiger partial charge on any atom is 0.136 e. The van der Waals surface area contributed by atoms with E-state index in [1.165, 1.54) is 12.8 Å². The Bertz CT molecular complexity index is 135. The Hall–Kier alpha value is -0.0800. The van der Waals surface area contributed by atoms with E-state index in [0.717, 1.165) is 12.8 Å². The molecule has 10 heavy (non-hydrogen) atoms. The smallest absolute Gasteiger partial charge is 0.136 e. The Kier molecular flexibility index (Phi) is 2.32. The summed E-state index contributed by atoms with van der Waals surface area (Å²) in [4.78, 5) is 10.9. The Labute approximate surface area is 66.8 Å². The molecule has 0 amide bonds. The summed E-state index contributed by atoms with van der Waals surface area (Å²) in [6.45, 7) is 0. The fourth-order valence-corrected chi connectivity index (χ4v) is 1.86. The van der Waals surface area contributed by atoms with Gasteiger partial charge in [0.05, 0.1) is 0 Å². The van der Waals surface area contributed by atoms with Gasteiger partial charge in [-0.3, -0.25) is 4.79 Å². The van der Waals surface area contributed by atoms with Gasteiger partial charge in [-0.1, -0.05) is 0 Å². The quantitative estimate of drug-likeness (QED) is 0.572. The number of ketones is 1. The zero-order chi connectivity index (χ0) is 6.27. The van der Waals surface area contributed by atoms with Crippen LogP contribution in [0.1, 0.15) is 25.7 Å². The van der Waals surface area contributed by atoms with Crippen molar-refractivity contribution in [3.8, 4) is 0 Å². The fraction of sp³-hybridized carbons (Fsp3) is 0.857. The Morgan fingerprint density at radius 2 is 1.70 bits per heavy atom. The van der Waals surface area contributed by atoms with Crippen molar-refractivity contribution >= 4 is 18.2 Å². The lowest BCUT2D eigenvalue weighted by Gasteiger charge is -2.18. The Morgan fingerprint density at radius 3 is 2.20 bits per heavy atom. The van der Waals surface area contributed by atoms with Gasteiger partial charge in [0.2, 0.25) is 0 Å². The summed E-state index contributed by atoms with van der Waals surface area (Å²) in [5, 5.41) is 3.40. The SMILES string of the molecule is Cl.O=C1C[C@H]2CC[C@H](C1)N2. The van der Waals surface area contributed by atoms with Crippen molar-refractivity contribution in [2.45, 2.75) is 37.8 Å². The zero-order valence-corrected chi connectivity index (χ0v) is 6.62. The average Bonchev–Trinajstić information content (AvgIpc) is 2.11. The number of fused-ring (bicyclic) bond motifs is 2. The van der Waals surface area contributed by atoms with Gasteiger partial charge in [0.15, 0.2) is 0 Å². The van der Waals surface area contributed by atoms with Crippen molar-refractivity contribution in [2.75, 3.05) is 0 Å². The van der Waals surface area contributed by atoms with Crippen LogP contribution in [-0.2, 0) is 4.79 Å². The number of hydrogen-bond donors (Lipinski definition) is 1. The van der Waals surface area contributed by atoms with Crippen molar-refractivity contribution in [3.05, 3.63) is 0 Å². The molecule has 0 radical (unpaired) electrons. The molecule has 2 atom stereocenters. The molecule has 0 spiro atoms. The number of carbonyl (C=O) groups excluding carboxylic acids is 1. The van der Waals surface area contributed by atoms with Gasteiger partial charge in [0.1, 0.15) is 5.78 Å². The van der Waals surface area contributed by atoms with Crippen molar-refractivity contribution in [3.63, 3.8) is 0 Å². The molecule has 0 saturated carbocycles. The van der Waals surface area contributed by atoms with E-state index in [-0.39, 0.29) is 12.4 Å². The van der Waals surface area contributed by atoms with Gasteiger partial charge in [0, 0.05) is 24.9 Å². The van der Waals surface area contributed by atoms with Crippen LogP contribution in [0.15, 0.2) is 0 Å². The lowest BCUT2D eigenvalue weighted by atomic mass is 10.1. The monoisotopic (exact) mass is 161 g/mol. The van der Waals surface area contributed by atoms with Gasteiger partial charge in [-0.15, -0.1) is 12.4 Å². The largest absolute Gasteiger partial charge is 0.310 e. The Balaban J connectivity index is 0.000000500. The van der Waals surface area contributed by atoms with Crippen LogP contribution in [0.5, 0.6) is 0 Å². The molecule has 1 N–H and O–H groups in total. The predicted molar refractivity (Wildman–Crippen MR) is 41.4 cm³/mol. The first-order valence-corrected chi connectivity index (χ1v) is 3.62. The van der Waals surface area contributed by atoms with Crippen molar-refractivity contribution in [1.29, 1.82) is 0 Å². The lowest BCUT2D eigenvalue weighted by Crippen LogP contribution is -2.38. The molecule has 2 heterocycles. The molecule has 0 aliphatic carbocycles. The highest BCUT2D eigenvalue weighted by Crippen LogP contribution is 2.23. The summed E-state index contributed by atoms with van der Waals surface area (Å²) >= 11 is 0. The van der Waals surface area contributed by atoms with Gasteiger partial charge < -0.3 is 5.32 Å². The molecule has 0 unspecified atom stereocenters. The second-order valence-electron chi connectivity index (χ2n) is 3.08. The number of halogens is 1. The van der Waals surface area contributed by atoms with Gasteiger partial charge in [-0.25, -0.2) is 0 Å². The van der Waals surface area contributed by atoms with E-state index in [2.05, 4.69) is 5.32 Å². The van der Waals surface area contributed by atoms with Crippen LogP contribution < -0.4 is 5.32 Å². The first kappa shape index (κ1) is 8.02. The van der Waals surface area contributed by atoms with E-state index in [1.54, 1.807) is 0 Å². The first-order chi connectivity index (χ1) is 4.34. The van der Waals surface area contributed by atoms with Crippen LogP contribution in [0.25, 0.3) is 0 Å². The third-order valence-electron chi connectivity index (χ3n) is 2.28. The van der Waals surface area contributed by atoms with Gasteiger partial charge in [-0.05, 0) is 12.8 Å². The van der Waals surface area contributed by atoms with Crippen LogP contribution in [0.4, 0.5) is 0 Å². The van der Waals surface area contributed by atoms with E-state index < -0.39 is 0 Å². The minimum absolute atomic E-state index is 0. The summed E-state index contributed by atoms with van der Waals surface area (Å²) in [7, 11) is 0. The molecule has 2 saturated heterocycles. The van der Waals surface area contributed by atoms with E-state index in [0.29, 0.717) is 17.9 Å². The number of carbonyl (C=O) groups is 1. The van der Waals surface area contributed by atoms with Crippen LogP contribution in [0.2, 0.25) is 0 Å². The second-order valence-corrected chi connectivity index (χ2v) is 3.08. The highest BCUT2D eigenvalue weighted by atomic mass is 35.5. The normalized spacial score (nSPS) is 37.4. The number of hydrogen-bond acceptors (Lipinski definition) is 2. The highest BCUT2D eigenvalue weighted by molar-refractivity contribution is 5.85. The molecule has 3 heteroatoms. The minimum atomic E-state index is 0. The van der Waals surface area contributed by atoms with Crippen molar-refractivity contribution in [1.82, 2.24) is 5.32 Å². The average molecular weight is 162 g/mol. The zero-order valence-electron chi connectivity index (χ0n) is 5.80. The standard InChI is InChI=1S/C7H11NO.ClH/c9-7-3-5-1-2-6(4-7)8-5;/h5-6,8H,1-4H2;1H/t5-,6-;/m1./s1. The van der Waals surface area contributed by atoms with Crippen LogP contribution in [-0.4, -0.2) is 17.9 Å². The maximum atomic E-state index is 10.9. The summed E-state index contributed by atoms with van der Waals surface area (Å²) in [5.74, 6) is 0.459. The molecule has 58 valence electrons. The van der Waals surface area contributed by atoms with Crippen molar-refractivity contribution in [2.24, 2.45) is 0 Å². The maximum absolute atomic E-state index is 10.9. The molecular formula is C7H12ClNO. The molecule has 2 bridgehead atoms. The van der Waals surface area contributed by atoms with Gasteiger partial charge >= 0.3 is 0 Å². The highest BCUT2D eigenvalue weighted by Gasteiger charge is 2.31. The summed E-state index contributed by atoms with van der Waals surface area (Å²) in [5.41, 5.74) is 0. The van der Waals surface area contributed by atoms with Crippen molar-refractivity contribution < 1.29 is 4.79 Å². The molecular weight excluding hydrogens is 150 g/mol. The number of piperidine rings is 1. The Morgan fingerprint density at radius 1 is 1.20 bits per heavy atom. The van der Waals surface area contributed by atoms with Crippen LogP contribution >= 0.6 is 12.4 Å². The molecule has 2 aliphatic rings. The summed E-state index contributed by atoms with van der Waals surface area (Å²) in [6, 6.07) is 1.08. The second kappa shape index (κ2) is 2.89. The third kappa shape index (κ3) is 1.32. The summed E-state index contributed by atoms with van der Waals surface area (Å²) < 4.78 is 0. The lowest BCUT2D eigenvalue weighted by molar-refractivity contribution is -0.120. The van der Waals surface area contributed by atoms with E-state index in [9.17, 15) is 4.79 Å². The molecule has 2 fully saturated rings. The van der Waals surface area contributed by atoms with Crippen LogP contribution in [0.3, 0.4) is 0 Å². The molecule has 0 aromatic rings. The molecule has 2 rings (SSSR count). The van der Waals surface area contributed by atoms with Gasteiger partial charge in [0.25, 0.3) is 0 Å². The number of Topliss-reactive ketones (excluding diaryl/α,β-unsaturated/α-hetero) is 1. The first-order valence-electron chi connectivity index (χ1n) is 3.62. The molecule has 0 aromatic heterocycles. The fourth-order valence-electron chi connectivity index (χ4n) is 1.86. The predicted octanol–water partition coefficient (Wildman–Crippen LogP) is 0.892. The number of nitrogens with one attached hydrogen (secondary N) is 1. The van der Waals surface area contributed by atoms with E-state index in [4.69, 9.17) is 0 Å². The van der Waals surface area contributed by atoms with E-state index in [1.807, 2.05) is 0 Å². The van der Waals surface area contributed by atoms with Gasteiger partial charge in [-0.2, -0.15) is 0 Å². The van der Waals surface area contributed by atoms with E-state index >= 15 is 0 Å². The molecule has 2 nitrogen and oxygen atoms in total. The third-order valence-corrected chi connectivity index (χ3v) is 2.28.